The van der Waals surface area contributed by atoms with Gasteiger partial charge in [-0.25, -0.2) is 0 Å². The van der Waals surface area contributed by atoms with Crippen molar-refractivity contribution in [3.63, 3.8) is 0 Å². The summed E-state index contributed by atoms with van der Waals surface area (Å²) in [4.78, 5) is 0. The lowest BCUT2D eigenvalue weighted by Gasteiger charge is -2.09. The molecule has 0 fully saturated rings. The van der Waals surface area contributed by atoms with E-state index in [1.54, 1.807) is 6.20 Å². The van der Waals surface area contributed by atoms with E-state index in [1.807, 2.05) is 18.7 Å². The molecule has 16 heavy (non-hydrogen) atoms. The summed E-state index contributed by atoms with van der Waals surface area (Å²) >= 11 is 0. The highest BCUT2D eigenvalue weighted by molar-refractivity contribution is 5.18. The third-order valence-corrected chi connectivity index (χ3v) is 3.21. The van der Waals surface area contributed by atoms with Gasteiger partial charge in [0.15, 0.2) is 0 Å². The zero-order chi connectivity index (χ0) is 12.0. The largest absolute Gasteiger partial charge is 0.388 e. The van der Waals surface area contributed by atoms with Crippen molar-refractivity contribution in [2.75, 3.05) is 0 Å². The smallest absolute Gasteiger partial charge is 0.0823 e. The van der Waals surface area contributed by atoms with Crippen LogP contribution in [-0.4, -0.2) is 14.9 Å². The Morgan fingerprint density at radius 2 is 2.00 bits per heavy atom. The van der Waals surface area contributed by atoms with Crippen LogP contribution in [0.4, 0.5) is 0 Å². The van der Waals surface area contributed by atoms with Gasteiger partial charge in [-0.2, -0.15) is 5.10 Å². The number of aryl methyl sites for hydroxylation is 1. The van der Waals surface area contributed by atoms with Crippen molar-refractivity contribution >= 4 is 0 Å². The lowest BCUT2D eigenvalue weighted by atomic mass is 10.0. The minimum atomic E-state index is -0.338. The summed E-state index contributed by atoms with van der Waals surface area (Å²) < 4.78 is 1.82. The van der Waals surface area contributed by atoms with Crippen LogP contribution in [0, 0.1) is 6.92 Å². The van der Waals surface area contributed by atoms with E-state index in [4.69, 9.17) is 0 Å². The number of hydrogen-bond acceptors (Lipinski definition) is 2. The average Bonchev–Trinajstić information content (AvgIpc) is 2.59. The van der Waals surface area contributed by atoms with Gasteiger partial charge in [-0.05, 0) is 13.3 Å². The molecule has 1 atom stereocenters. The predicted molar refractivity (Wildman–Crippen MR) is 66.3 cm³/mol. The number of aliphatic hydroxyl groups is 1. The Morgan fingerprint density at radius 1 is 1.31 bits per heavy atom. The van der Waals surface area contributed by atoms with Crippen molar-refractivity contribution in [2.45, 2.75) is 58.5 Å². The standard InChI is InChI=1S/C13H24N2O/c1-4-5-6-7-8-9-13(16)12-10-14-15(3)11(12)2/h10,13,16H,4-9H2,1-3H3. The molecule has 0 saturated carbocycles. The molecular formula is C13H24N2O. The monoisotopic (exact) mass is 224 g/mol. The van der Waals surface area contributed by atoms with Gasteiger partial charge in [0.05, 0.1) is 12.3 Å². The summed E-state index contributed by atoms with van der Waals surface area (Å²) in [5, 5.41) is 14.2. The van der Waals surface area contributed by atoms with Crippen LogP contribution in [-0.2, 0) is 7.05 Å². The van der Waals surface area contributed by atoms with Crippen LogP contribution in [0.15, 0.2) is 6.20 Å². The second-order valence-corrected chi connectivity index (χ2v) is 4.53. The van der Waals surface area contributed by atoms with Crippen molar-refractivity contribution in [2.24, 2.45) is 7.05 Å². The van der Waals surface area contributed by atoms with Crippen LogP contribution in [0.1, 0.15) is 62.8 Å². The Balaban J connectivity index is 2.30. The van der Waals surface area contributed by atoms with Crippen molar-refractivity contribution in [1.29, 1.82) is 0 Å². The van der Waals surface area contributed by atoms with E-state index in [0.717, 1.165) is 24.1 Å². The second kappa shape index (κ2) is 6.69. The van der Waals surface area contributed by atoms with E-state index in [-0.39, 0.29) is 6.10 Å². The SMILES string of the molecule is CCCCCCCC(O)c1cnn(C)c1C. The lowest BCUT2D eigenvalue weighted by molar-refractivity contribution is 0.162. The number of aliphatic hydroxyl groups excluding tert-OH is 1. The van der Waals surface area contributed by atoms with E-state index in [1.165, 1.54) is 25.7 Å². The summed E-state index contributed by atoms with van der Waals surface area (Å²) in [5.74, 6) is 0. The molecule has 1 aromatic rings. The van der Waals surface area contributed by atoms with Crippen molar-refractivity contribution in [3.05, 3.63) is 17.5 Å². The molecule has 1 N–H and O–H groups in total. The van der Waals surface area contributed by atoms with Crippen molar-refractivity contribution in [1.82, 2.24) is 9.78 Å². The maximum atomic E-state index is 10.0. The van der Waals surface area contributed by atoms with Crippen LogP contribution < -0.4 is 0 Å². The number of rotatable bonds is 7. The zero-order valence-corrected chi connectivity index (χ0v) is 10.7. The molecule has 1 aromatic heterocycles. The van der Waals surface area contributed by atoms with E-state index in [2.05, 4.69) is 12.0 Å². The molecule has 92 valence electrons. The average molecular weight is 224 g/mol. The summed E-state index contributed by atoms with van der Waals surface area (Å²) in [6.07, 6.45) is 8.50. The van der Waals surface area contributed by atoms with E-state index < -0.39 is 0 Å². The van der Waals surface area contributed by atoms with Crippen LogP contribution in [0.25, 0.3) is 0 Å². The summed E-state index contributed by atoms with van der Waals surface area (Å²) in [6.45, 7) is 4.22. The van der Waals surface area contributed by atoms with Crippen LogP contribution in [0.3, 0.4) is 0 Å². The number of nitrogens with zero attached hydrogens (tertiary/aromatic N) is 2. The van der Waals surface area contributed by atoms with Gasteiger partial charge in [-0.15, -0.1) is 0 Å². The van der Waals surface area contributed by atoms with E-state index in [9.17, 15) is 5.11 Å². The fraction of sp³-hybridized carbons (Fsp3) is 0.769. The van der Waals surface area contributed by atoms with Crippen LogP contribution >= 0.6 is 0 Å². The molecule has 0 spiro atoms. The second-order valence-electron chi connectivity index (χ2n) is 4.53. The molecule has 0 bridgehead atoms. The van der Waals surface area contributed by atoms with Gasteiger partial charge in [-0.1, -0.05) is 39.0 Å². The summed E-state index contributed by atoms with van der Waals surface area (Å²) in [7, 11) is 1.91. The first kappa shape index (κ1) is 13.2. The molecule has 0 saturated heterocycles. The molecule has 3 heteroatoms. The summed E-state index contributed by atoms with van der Waals surface area (Å²) in [5.41, 5.74) is 2.05. The third kappa shape index (κ3) is 3.63. The Morgan fingerprint density at radius 3 is 2.56 bits per heavy atom. The molecule has 1 rings (SSSR count). The predicted octanol–water partition coefficient (Wildman–Crippen LogP) is 3.12. The molecule has 0 aliphatic heterocycles. The van der Waals surface area contributed by atoms with Gasteiger partial charge in [-0.3, -0.25) is 4.68 Å². The van der Waals surface area contributed by atoms with Gasteiger partial charge < -0.3 is 5.11 Å². The molecule has 0 aliphatic rings. The maximum absolute atomic E-state index is 10.0. The van der Waals surface area contributed by atoms with Gasteiger partial charge in [0.2, 0.25) is 0 Å². The molecule has 0 amide bonds. The highest BCUT2D eigenvalue weighted by Gasteiger charge is 2.12. The topological polar surface area (TPSA) is 38.1 Å². The zero-order valence-electron chi connectivity index (χ0n) is 10.7. The maximum Gasteiger partial charge on any atom is 0.0823 e. The van der Waals surface area contributed by atoms with Crippen molar-refractivity contribution in [3.8, 4) is 0 Å². The first-order valence-electron chi connectivity index (χ1n) is 6.33. The van der Waals surface area contributed by atoms with Crippen molar-refractivity contribution < 1.29 is 5.11 Å². The van der Waals surface area contributed by atoms with Crippen LogP contribution in [0.5, 0.6) is 0 Å². The van der Waals surface area contributed by atoms with Gasteiger partial charge in [0, 0.05) is 18.3 Å². The minimum Gasteiger partial charge on any atom is -0.388 e. The molecule has 0 aromatic carbocycles. The minimum absolute atomic E-state index is 0.338. The highest BCUT2D eigenvalue weighted by Crippen LogP contribution is 2.22. The molecule has 1 unspecified atom stereocenters. The lowest BCUT2D eigenvalue weighted by Crippen LogP contribution is -2.00. The quantitative estimate of drug-likeness (QED) is 0.723. The Kier molecular flexibility index (Phi) is 5.53. The fourth-order valence-corrected chi connectivity index (χ4v) is 1.94. The third-order valence-electron chi connectivity index (χ3n) is 3.21. The molecular weight excluding hydrogens is 200 g/mol. The Labute approximate surface area is 98.5 Å². The summed E-state index contributed by atoms with van der Waals surface area (Å²) in [6, 6.07) is 0. The molecule has 0 aliphatic carbocycles. The van der Waals surface area contributed by atoms with Crippen LogP contribution in [0.2, 0.25) is 0 Å². The Bertz CT molecular complexity index is 307. The molecule has 1 heterocycles. The fourth-order valence-electron chi connectivity index (χ4n) is 1.94. The molecule has 3 nitrogen and oxygen atoms in total. The van der Waals surface area contributed by atoms with Gasteiger partial charge in [0.25, 0.3) is 0 Å². The normalized spacial score (nSPS) is 13.0. The number of unbranched alkanes of at least 4 members (excludes halogenated alkanes) is 4. The van der Waals surface area contributed by atoms with E-state index in [0.29, 0.717) is 0 Å². The highest BCUT2D eigenvalue weighted by atomic mass is 16.3. The number of hydrogen-bond donors (Lipinski definition) is 1. The van der Waals surface area contributed by atoms with E-state index >= 15 is 0 Å². The number of aromatic nitrogens is 2. The Hall–Kier alpha value is -0.830. The van der Waals surface area contributed by atoms with Gasteiger partial charge >= 0.3 is 0 Å². The first-order valence-corrected chi connectivity index (χ1v) is 6.33. The molecule has 0 radical (unpaired) electrons. The van der Waals surface area contributed by atoms with Gasteiger partial charge in [0.1, 0.15) is 0 Å². The first-order chi connectivity index (χ1) is 7.66.